The van der Waals surface area contributed by atoms with Gasteiger partial charge in [-0.05, 0) is 57.9 Å². The molecule has 0 radical (unpaired) electrons. The summed E-state index contributed by atoms with van der Waals surface area (Å²) >= 11 is 0. The molecule has 2 aromatic heterocycles. The molecular weight excluding hydrogens is 378 g/mol. The van der Waals surface area contributed by atoms with Gasteiger partial charge in [-0.15, -0.1) is 0 Å². The van der Waals surface area contributed by atoms with Crippen LogP contribution in [0, 0.1) is 13.8 Å². The van der Waals surface area contributed by atoms with Crippen LogP contribution in [0.3, 0.4) is 0 Å². The first kappa shape index (κ1) is 22.1. The SMILES string of the molecule is CCNC(=NCc1ccnc(N2CCOC(C)C2)c1)NCCCn1nc(C)cc1C. The van der Waals surface area contributed by atoms with Gasteiger partial charge in [0.05, 0.1) is 24.9 Å². The Bertz CT molecular complexity index is 833. The van der Waals surface area contributed by atoms with Crippen molar-refractivity contribution >= 4 is 11.8 Å². The van der Waals surface area contributed by atoms with Crippen molar-refractivity contribution in [2.24, 2.45) is 4.99 Å². The van der Waals surface area contributed by atoms with Crippen molar-refractivity contribution in [2.45, 2.75) is 53.3 Å². The van der Waals surface area contributed by atoms with E-state index in [4.69, 9.17) is 9.73 Å². The van der Waals surface area contributed by atoms with Gasteiger partial charge >= 0.3 is 0 Å². The van der Waals surface area contributed by atoms with Crippen LogP contribution in [0.1, 0.15) is 37.2 Å². The number of ether oxygens (including phenoxy) is 1. The summed E-state index contributed by atoms with van der Waals surface area (Å²) in [4.78, 5) is 11.6. The monoisotopic (exact) mass is 413 g/mol. The lowest BCUT2D eigenvalue weighted by atomic mass is 10.2. The van der Waals surface area contributed by atoms with Crippen molar-refractivity contribution in [3.05, 3.63) is 41.3 Å². The minimum Gasteiger partial charge on any atom is -0.375 e. The molecule has 0 amide bonds. The quantitative estimate of drug-likeness (QED) is 0.393. The number of nitrogens with zero attached hydrogens (tertiary/aromatic N) is 5. The van der Waals surface area contributed by atoms with Crippen LogP contribution in [0.25, 0.3) is 0 Å². The first-order valence-corrected chi connectivity index (χ1v) is 10.9. The largest absolute Gasteiger partial charge is 0.375 e. The molecule has 3 heterocycles. The summed E-state index contributed by atoms with van der Waals surface area (Å²) < 4.78 is 7.70. The fraction of sp³-hybridized carbons (Fsp3) is 0.591. The van der Waals surface area contributed by atoms with E-state index < -0.39 is 0 Å². The molecule has 1 fully saturated rings. The molecule has 8 heteroatoms. The lowest BCUT2D eigenvalue weighted by molar-refractivity contribution is 0.0529. The molecule has 3 rings (SSSR count). The number of aryl methyl sites for hydroxylation is 3. The molecule has 1 unspecified atom stereocenters. The third kappa shape index (κ3) is 6.45. The van der Waals surface area contributed by atoms with Crippen molar-refractivity contribution < 1.29 is 4.74 Å². The fourth-order valence-corrected chi connectivity index (χ4v) is 3.61. The summed E-state index contributed by atoms with van der Waals surface area (Å²) in [6.45, 7) is 14.0. The number of aliphatic imine (C=N–C) groups is 1. The Hall–Kier alpha value is -2.61. The fourth-order valence-electron chi connectivity index (χ4n) is 3.61. The van der Waals surface area contributed by atoms with Crippen LogP contribution in [0.5, 0.6) is 0 Å². The second-order valence-corrected chi connectivity index (χ2v) is 7.78. The number of aromatic nitrogens is 3. The van der Waals surface area contributed by atoms with Crippen LogP contribution in [-0.4, -0.2) is 59.6 Å². The molecule has 1 aliphatic heterocycles. The number of nitrogens with one attached hydrogen (secondary N) is 2. The zero-order chi connectivity index (χ0) is 21.3. The van der Waals surface area contributed by atoms with Crippen molar-refractivity contribution in [1.82, 2.24) is 25.4 Å². The van der Waals surface area contributed by atoms with Gasteiger partial charge < -0.3 is 20.3 Å². The molecule has 0 aromatic carbocycles. The van der Waals surface area contributed by atoms with Gasteiger partial charge in [-0.25, -0.2) is 9.98 Å². The Labute approximate surface area is 179 Å². The van der Waals surface area contributed by atoms with E-state index in [1.807, 2.05) is 19.2 Å². The van der Waals surface area contributed by atoms with Crippen LogP contribution in [-0.2, 0) is 17.8 Å². The standard InChI is InChI=1S/C22H35N7O/c1-5-23-22(25-8-6-10-29-18(3)13-17(2)27-29)26-15-20-7-9-24-21(14-20)28-11-12-30-19(4)16-28/h7,9,13-14,19H,5-6,8,10-12,15-16H2,1-4H3,(H2,23,25,26). The molecule has 0 saturated carbocycles. The van der Waals surface area contributed by atoms with Gasteiger partial charge in [0.1, 0.15) is 5.82 Å². The second kappa shape index (κ2) is 11.0. The zero-order valence-electron chi connectivity index (χ0n) is 18.7. The molecule has 0 aliphatic carbocycles. The van der Waals surface area contributed by atoms with Gasteiger partial charge in [-0.2, -0.15) is 5.10 Å². The van der Waals surface area contributed by atoms with Crippen molar-refractivity contribution in [3.63, 3.8) is 0 Å². The Morgan fingerprint density at radius 1 is 1.30 bits per heavy atom. The highest BCUT2D eigenvalue weighted by atomic mass is 16.5. The predicted octanol–water partition coefficient (Wildman–Crippen LogP) is 2.27. The molecular formula is C22H35N7O. The summed E-state index contributed by atoms with van der Waals surface area (Å²) in [7, 11) is 0. The first-order chi connectivity index (χ1) is 14.5. The van der Waals surface area contributed by atoms with E-state index in [1.165, 1.54) is 5.69 Å². The van der Waals surface area contributed by atoms with Gasteiger partial charge in [0.15, 0.2) is 5.96 Å². The maximum absolute atomic E-state index is 5.63. The van der Waals surface area contributed by atoms with Gasteiger partial charge in [0.25, 0.3) is 0 Å². The van der Waals surface area contributed by atoms with Crippen LogP contribution in [0.15, 0.2) is 29.4 Å². The molecule has 2 N–H and O–H groups in total. The average molecular weight is 414 g/mol. The maximum Gasteiger partial charge on any atom is 0.191 e. The van der Waals surface area contributed by atoms with Gasteiger partial charge in [-0.3, -0.25) is 4.68 Å². The van der Waals surface area contributed by atoms with E-state index in [0.29, 0.717) is 6.54 Å². The van der Waals surface area contributed by atoms with E-state index in [9.17, 15) is 0 Å². The Morgan fingerprint density at radius 3 is 2.90 bits per heavy atom. The first-order valence-electron chi connectivity index (χ1n) is 10.9. The lowest BCUT2D eigenvalue weighted by Crippen LogP contribution is -2.41. The van der Waals surface area contributed by atoms with E-state index in [1.54, 1.807) is 0 Å². The summed E-state index contributed by atoms with van der Waals surface area (Å²) in [5, 5.41) is 11.3. The van der Waals surface area contributed by atoms with E-state index in [2.05, 4.69) is 63.2 Å². The van der Waals surface area contributed by atoms with E-state index >= 15 is 0 Å². The van der Waals surface area contributed by atoms with E-state index in [0.717, 1.165) is 68.8 Å². The molecule has 30 heavy (non-hydrogen) atoms. The number of guanidine groups is 1. The summed E-state index contributed by atoms with van der Waals surface area (Å²) in [5.74, 6) is 1.84. The lowest BCUT2D eigenvalue weighted by Gasteiger charge is -2.32. The molecule has 164 valence electrons. The third-order valence-electron chi connectivity index (χ3n) is 5.08. The Balaban J connectivity index is 1.52. The van der Waals surface area contributed by atoms with Gasteiger partial charge in [0.2, 0.25) is 0 Å². The number of pyridine rings is 1. The third-order valence-corrected chi connectivity index (χ3v) is 5.08. The van der Waals surface area contributed by atoms with Gasteiger partial charge in [0, 0.05) is 44.6 Å². The zero-order valence-corrected chi connectivity index (χ0v) is 18.7. The maximum atomic E-state index is 5.63. The molecule has 1 aliphatic rings. The topological polar surface area (TPSA) is 79.6 Å². The molecule has 0 spiro atoms. The summed E-state index contributed by atoms with van der Waals surface area (Å²) in [5.41, 5.74) is 3.42. The Kier molecular flexibility index (Phi) is 8.07. The van der Waals surface area contributed by atoms with Crippen LogP contribution >= 0.6 is 0 Å². The molecule has 8 nitrogen and oxygen atoms in total. The Morgan fingerprint density at radius 2 is 2.17 bits per heavy atom. The van der Waals surface area contributed by atoms with Crippen molar-refractivity contribution in [3.8, 4) is 0 Å². The van der Waals surface area contributed by atoms with Crippen LogP contribution < -0.4 is 15.5 Å². The molecule has 2 aromatic rings. The molecule has 0 bridgehead atoms. The van der Waals surface area contributed by atoms with Crippen LogP contribution in [0.2, 0.25) is 0 Å². The predicted molar refractivity (Wildman–Crippen MR) is 121 cm³/mol. The summed E-state index contributed by atoms with van der Waals surface area (Å²) in [6.07, 6.45) is 3.09. The second-order valence-electron chi connectivity index (χ2n) is 7.78. The smallest absolute Gasteiger partial charge is 0.191 e. The highest BCUT2D eigenvalue weighted by Gasteiger charge is 2.18. The minimum absolute atomic E-state index is 0.237. The van der Waals surface area contributed by atoms with Crippen molar-refractivity contribution in [1.29, 1.82) is 0 Å². The van der Waals surface area contributed by atoms with Crippen molar-refractivity contribution in [2.75, 3.05) is 37.7 Å². The number of morpholine rings is 1. The molecule has 1 atom stereocenters. The average Bonchev–Trinajstić information content (AvgIpc) is 3.06. The van der Waals surface area contributed by atoms with Crippen LogP contribution in [0.4, 0.5) is 5.82 Å². The minimum atomic E-state index is 0.237. The van der Waals surface area contributed by atoms with Gasteiger partial charge in [-0.1, -0.05) is 0 Å². The number of hydrogen-bond donors (Lipinski definition) is 2. The normalized spacial score (nSPS) is 17.3. The number of rotatable bonds is 8. The number of hydrogen-bond acceptors (Lipinski definition) is 5. The highest BCUT2D eigenvalue weighted by Crippen LogP contribution is 2.17. The molecule has 1 saturated heterocycles. The highest BCUT2D eigenvalue weighted by molar-refractivity contribution is 5.79. The number of anilines is 1. The van der Waals surface area contributed by atoms with E-state index in [-0.39, 0.29) is 6.10 Å². The summed E-state index contributed by atoms with van der Waals surface area (Å²) in [6, 6.07) is 6.27.